The van der Waals surface area contributed by atoms with Crippen LogP contribution >= 0.6 is 23.2 Å². The number of benzene rings is 3. The highest BCUT2D eigenvalue weighted by molar-refractivity contribution is 6.31. The minimum atomic E-state index is -4.82. The van der Waals surface area contributed by atoms with Gasteiger partial charge in [-0.25, -0.2) is 4.98 Å². The van der Waals surface area contributed by atoms with E-state index in [1.807, 2.05) is 63.5 Å². The molecule has 5 atom stereocenters. The van der Waals surface area contributed by atoms with Crippen LogP contribution in [0, 0.1) is 5.92 Å². The lowest BCUT2D eigenvalue weighted by Gasteiger charge is -2.46. The number of carbonyl (C=O) groups is 4. The van der Waals surface area contributed by atoms with Crippen LogP contribution in [-0.2, 0) is 50.5 Å². The molecular weight excluding hydrogens is 910 g/mol. The van der Waals surface area contributed by atoms with E-state index in [4.69, 9.17) is 32.7 Å². The van der Waals surface area contributed by atoms with Gasteiger partial charge in [0, 0.05) is 47.7 Å². The van der Waals surface area contributed by atoms with Crippen molar-refractivity contribution in [2.75, 3.05) is 27.2 Å². The zero-order chi connectivity index (χ0) is 49.0. The number of piperidine rings is 1. The lowest BCUT2D eigenvalue weighted by molar-refractivity contribution is -0.165. The Morgan fingerprint density at radius 2 is 1.63 bits per heavy atom. The number of halogens is 5. The van der Waals surface area contributed by atoms with Crippen LogP contribution in [0.5, 0.6) is 11.5 Å². The van der Waals surface area contributed by atoms with Crippen molar-refractivity contribution < 1.29 is 41.8 Å². The van der Waals surface area contributed by atoms with E-state index in [-0.39, 0.29) is 31.8 Å². The second kappa shape index (κ2) is 21.0. The van der Waals surface area contributed by atoms with Crippen LogP contribution in [0.3, 0.4) is 0 Å². The van der Waals surface area contributed by atoms with E-state index in [1.165, 1.54) is 17.9 Å². The van der Waals surface area contributed by atoms with Gasteiger partial charge < -0.3 is 39.4 Å². The van der Waals surface area contributed by atoms with Crippen LogP contribution < -0.4 is 15.4 Å². The highest BCUT2D eigenvalue weighted by atomic mass is 35.5. The molecule has 2 aliphatic rings. The quantitative estimate of drug-likeness (QED) is 0.145. The molecule has 2 aliphatic heterocycles. The van der Waals surface area contributed by atoms with Crippen molar-refractivity contribution in [3.8, 4) is 22.8 Å². The molecule has 0 aliphatic carbocycles. The van der Waals surface area contributed by atoms with E-state index in [1.54, 1.807) is 61.7 Å². The average Bonchev–Trinajstić information content (AvgIpc) is 3.59. The number of rotatable bonds is 12. The molecule has 2 bridgehead atoms. The van der Waals surface area contributed by atoms with Gasteiger partial charge in [-0.15, -0.1) is 0 Å². The number of fused-ring (bicyclic) bond motifs is 2. The molecule has 0 saturated carbocycles. The summed E-state index contributed by atoms with van der Waals surface area (Å²) in [7, 11) is 5.86. The number of hydrogen-bond acceptors (Lipinski definition) is 8. The first-order chi connectivity index (χ1) is 31.4. The normalized spacial score (nSPS) is 21.8. The van der Waals surface area contributed by atoms with Gasteiger partial charge in [-0.2, -0.15) is 13.2 Å². The van der Waals surface area contributed by atoms with Crippen LogP contribution in [0.25, 0.3) is 11.3 Å². The molecule has 0 spiro atoms. The second-order valence-electron chi connectivity index (χ2n) is 19.0. The van der Waals surface area contributed by atoms with Gasteiger partial charge >= 0.3 is 6.18 Å². The van der Waals surface area contributed by atoms with E-state index in [0.717, 1.165) is 27.5 Å². The maximum absolute atomic E-state index is 14.7. The first kappa shape index (κ1) is 51.2. The number of ether oxygens (including phenoxy) is 2. The van der Waals surface area contributed by atoms with Gasteiger partial charge in [0.2, 0.25) is 23.6 Å². The Hall–Kier alpha value is -5.16. The number of imidazole rings is 1. The molecule has 1 aromatic heterocycles. The van der Waals surface area contributed by atoms with Gasteiger partial charge in [0.05, 0.1) is 54.6 Å². The van der Waals surface area contributed by atoms with Crippen molar-refractivity contribution in [3.05, 3.63) is 99.9 Å². The van der Waals surface area contributed by atoms with Crippen LogP contribution in [0.4, 0.5) is 13.2 Å². The smallest absolute Gasteiger partial charge is 0.389 e. The maximum atomic E-state index is 14.7. The first-order valence-corrected chi connectivity index (χ1v) is 23.1. The first-order valence-electron chi connectivity index (χ1n) is 22.3. The summed E-state index contributed by atoms with van der Waals surface area (Å²) in [6.45, 7) is 8.76. The molecule has 2 N–H and O–H groups in total. The fourth-order valence-corrected chi connectivity index (χ4v) is 9.13. The van der Waals surface area contributed by atoms with E-state index in [2.05, 4.69) is 15.6 Å². The van der Waals surface area contributed by atoms with Gasteiger partial charge in [-0.1, -0.05) is 41.4 Å². The zero-order valence-electron chi connectivity index (χ0n) is 39.2. The highest BCUT2D eigenvalue weighted by Gasteiger charge is 2.46. The Labute approximate surface area is 400 Å². The van der Waals surface area contributed by atoms with E-state index < -0.39 is 77.9 Å². The standard InChI is InChI=1S/C49H60Cl2F3N7O6/c1-30-44(63)56-43(31(2)67-47(3,4)5)45(64)57-48(24-32-10-15-36(50)16-11-32)20-9-21-60(29-48)46(65)35(25-49(52,53)54)22-42(62)61(30)27-34-12-17-37(51)23-40(34)66-38-18-13-33(14-19-38)39-26-55-41(59(39)8)28-58(6)7/h10-19,23,26,30-31,35,43H,9,20-22,24-25,27-29H2,1-8H3,(H,56,63)(H,57,64)/t30-,31-,35-,43-,48+/m0/s1. The summed E-state index contributed by atoms with van der Waals surface area (Å²) in [4.78, 5) is 67.4. The predicted molar refractivity (Wildman–Crippen MR) is 250 cm³/mol. The molecule has 2 saturated heterocycles. The second-order valence-corrected chi connectivity index (χ2v) is 19.9. The van der Waals surface area contributed by atoms with Crippen LogP contribution in [0.15, 0.2) is 72.9 Å². The van der Waals surface area contributed by atoms with Gasteiger partial charge in [-0.3, -0.25) is 19.2 Å². The summed E-state index contributed by atoms with van der Waals surface area (Å²) in [5.74, 6) is -3.50. The van der Waals surface area contributed by atoms with Crippen molar-refractivity contribution >= 4 is 46.8 Å². The Morgan fingerprint density at radius 3 is 2.27 bits per heavy atom. The van der Waals surface area contributed by atoms with Crippen molar-refractivity contribution in [2.24, 2.45) is 13.0 Å². The Morgan fingerprint density at radius 1 is 0.955 bits per heavy atom. The predicted octanol–water partition coefficient (Wildman–Crippen LogP) is 8.35. The largest absolute Gasteiger partial charge is 0.457 e. The maximum Gasteiger partial charge on any atom is 0.389 e. The molecule has 0 unspecified atom stereocenters. The number of hydrogen-bond donors (Lipinski definition) is 2. The molecule has 6 rings (SSSR count). The molecule has 362 valence electrons. The highest BCUT2D eigenvalue weighted by Crippen LogP contribution is 2.35. The number of nitrogens with zero attached hydrogens (tertiary/aromatic N) is 5. The minimum Gasteiger partial charge on any atom is -0.457 e. The molecule has 3 heterocycles. The SMILES string of the molecule is C[C@H](OC(C)(C)C)[C@@H]1NC(=O)[C@H](C)N(Cc2ccc(Cl)cc2Oc2ccc(-c3cnc(CN(C)C)n3C)cc2)C(=O)C[C@@H](CC(F)(F)F)C(=O)N2CCC[C@@](Cc3ccc(Cl)cc3)(C2)NC1=O. The van der Waals surface area contributed by atoms with Crippen molar-refractivity contribution in [1.29, 1.82) is 0 Å². The molecule has 2 fully saturated rings. The van der Waals surface area contributed by atoms with E-state index >= 15 is 0 Å². The molecule has 13 nitrogen and oxygen atoms in total. The number of carbonyl (C=O) groups excluding carboxylic acids is 4. The Balaban J connectivity index is 1.37. The summed E-state index contributed by atoms with van der Waals surface area (Å²) < 4.78 is 57.9. The summed E-state index contributed by atoms with van der Waals surface area (Å²) in [6, 6.07) is 16.2. The number of alkyl halides is 3. The molecule has 4 aromatic rings. The van der Waals surface area contributed by atoms with Crippen LogP contribution in [0.2, 0.25) is 10.0 Å². The van der Waals surface area contributed by atoms with Crippen molar-refractivity contribution in [3.63, 3.8) is 0 Å². The van der Waals surface area contributed by atoms with Crippen molar-refractivity contribution in [1.82, 2.24) is 34.9 Å². The van der Waals surface area contributed by atoms with Gasteiger partial charge in [0.1, 0.15) is 29.4 Å². The van der Waals surface area contributed by atoms with Gasteiger partial charge in [0.25, 0.3) is 0 Å². The summed E-state index contributed by atoms with van der Waals surface area (Å²) in [5, 5.41) is 6.75. The molecule has 0 radical (unpaired) electrons. The van der Waals surface area contributed by atoms with Gasteiger partial charge in [0.15, 0.2) is 0 Å². The average molecular weight is 971 g/mol. The molecule has 18 heteroatoms. The molecular formula is C49H60Cl2F3N7O6. The molecule has 3 aromatic carbocycles. The van der Waals surface area contributed by atoms with Crippen LogP contribution in [0.1, 0.15) is 77.3 Å². The Bertz CT molecular complexity index is 2410. The van der Waals surface area contributed by atoms with E-state index in [0.29, 0.717) is 40.7 Å². The van der Waals surface area contributed by atoms with Crippen LogP contribution in [-0.4, -0.2) is 111 Å². The third kappa shape index (κ3) is 13.5. The summed E-state index contributed by atoms with van der Waals surface area (Å²) >= 11 is 12.7. The summed E-state index contributed by atoms with van der Waals surface area (Å²) in [6.07, 6.45) is -5.47. The fourth-order valence-electron chi connectivity index (χ4n) is 8.84. The number of aromatic nitrogens is 2. The fraction of sp³-hybridized carbons (Fsp3) is 0.490. The van der Waals surface area contributed by atoms with Gasteiger partial charge in [-0.05, 0) is 122 Å². The molecule has 4 amide bonds. The number of nitrogens with one attached hydrogen (secondary N) is 2. The number of amides is 4. The van der Waals surface area contributed by atoms with Crippen molar-refractivity contribution in [2.45, 2.75) is 115 Å². The molecule has 67 heavy (non-hydrogen) atoms. The monoisotopic (exact) mass is 969 g/mol. The third-order valence-corrected chi connectivity index (χ3v) is 12.5. The minimum absolute atomic E-state index is 0.107. The lowest BCUT2D eigenvalue weighted by Crippen LogP contribution is -2.66. The third-order valence-electron chi connectivity index (χ3n) is 12.0. The van der Waals surface area contributed by atoms with E-state index in [9.17, 15) is 32.3 Å². The zero-order valence-corrected chi connectivity index (χ0v) is 40.7. The Kier molecular flexibility index (Phi) is 16.1. The topological polar surface area (TPSA) is 138 Å². The lowest BCUT2D eigenvalue weighted by atomic mass is 9.81. The summed E-state index contributed by atoms with van der Waals surface area (Å²) in [5.41, 5.74) is 0.966.